The van der Waals surface area contributed by atoms with Gasteiger partial charge >= 0.3 is 0 Å². The molecule has 1 N–H and O–H groups in total. The van der Waals surface area contributed by atoms with Crippen LogP contribution >= 0.6 is 11.6 Å². The second kappa shape index (κ2) is 6.72. The van der Waals surface area contributed by atoms with Crippen LogP contribution in [-0.2, 0) is 6.42 Å². The Bertz CT molecular complexity index is 571. The normalized spacial score (nSPS) is 12.4. The minimum absolute atomic E-state index is 0.358. The highest BCUT2D eigenvalue weighted by atomic mass is 35.5. The van der Waals surface area contributed by atoms with Crippen molar-refractivity contribution in [2.24, 2.45) is 0 Å². The molecule has 1 aromatic heterocycles. The Morgan fingerprint density at radius 3 is 2.95 bits per heavy atom. The fourth-order valence-electron chi connectivity index (χ4n) is 1.93. The average Bonchev–Trinajstić information content (AvgIpc) is 2.87. The Kier molecular flexibility index (Phi) is 4.98. The maximum absolute atomic E-state index is 9.75. The first kappa shape index (κ1) is 14.8. The zero-order valence-electron chi connectivity index (χ0n) is 11.5. The number of rotatable bonds is 6. The number of benzene rings is 1. The van der Waals surface area contributed by atoms with E-state index in [1.54, 1.807) is 25.3 Å². The zero-order chi connectivity index (χ0) is 14.5. The lowest BCUT2D eigenvalue weighted by Gasteiger charge is -2.05. The van der Waals surface area contributed by atoms with Crippen molar-refractivity contribution in [2.75, 3.05) is 7.11 Å². The molecule has 2 rings (SSSR count). The van der Waals surface area contributed by atoms with Crippen LogP contribution in [0.25, 0.3) is 11.4 Å². The van der Waals surface area contributed by atoms with E-state index in [0.29, 0.717) is 40.9 Å². The molecule has 0 saturated carbocycles. The third-order valence-electron chi connectivity index (χ3n) is 2.90. The first-order chi connectivity index (χ1) is 9.63. The summed E-state index contributed by atoms with van der Waals surface area (Å²) >= 11 is 5.91. The van der Waals surface area contributed by atoms with E-state index in [0.717, 1.165) is 6.42 Å². The molecule has 6 heteroatoms. The van der Waals surface area contributed by atoms with Crippen molar-refractivity contribution >= 4 is 11.6 Å². The lowest BCUT2D eigenvalue weighted by Crippen LogP contribution is -2.09. The maximum Gasteiger partial charge on any atom is 0.229 e. The van der Waals surface area contributed by atoms with Gasteiger partial charge in [0, 0.05) is 5.02 Å². The molecule has 1 unspecified atom stereocenters. The topological polar surface area (TPSA) is 68.4 Å². The average molecular weight is 297 g/mol. The summed E-state index contributed by atoms with van der Waals surface area (Å²) in [5, 5.41) is 14.2. The van der Waals surface area contributed by atoms with Gasteiger partial charge < -0.3 is 14.4 Å². The van der Waals surface area contributed by atoms with Gasteiger partial charge in [-0.2, -0.15) is 4.98 Å². The second-order valence-electron chi connectivity index (χ2n) is 4.50. The van der Waals surface area contributed by atoms with Crippen LogP contribution in [0.2, 0.25) is 5.02 Å². The lowest BCUT2D eigenvalue weighted by molar-refractivity contribution is 0.152. The minimum Gasteiger partial charge on any atom is -0.496 e. The van der Waals surface area contributed by atoms with Gasteiger partial charge in [-0.25, -0.2) is 0 Å². The van der Waals surface area contributed by atoms with Crippen molar-refractivity contribution in [1.82, 2.24) is 10.1 Å². The third kappa shape index (κ3) is 3.49. The lowest BCUT2D eigenvalue weighted by atomic mass is 10.1. The number of halogens is 1. The van der Waals surface area contributed by atoms with E-state index in [-0.39, 0.29) is 0 Å². The molecule has 0 spiro atoms. The Morgan fingerprint density at radius 1 is 1.45 bits per heavy atom. The highest BCUT2D eigenvalue weighted by molar-refractivity contribution is 6.30. The Labute approximate surface area is 122 Å². The molecule has 0 aliphatic carbocycles. The second-order valence-corrected chi connectivity index (χ2v) is 4.94. The SMILES string of the molecule is CCCC(O)Cc1nc(-c2ccc(Cl)cc2OC)no1. The molecule has 0 amide bonds. The Hall–Kier alpha value is -1.59. The Morgan fingerprint density at radius 2 is 2.25 bits per heavy atom. The molecule has 20 heavy (non-hydrogen) atoms. The molecule has 0 radical (unpaired) electrons. The van der Waals surface area contributed by atoms with Gasteiger partial charge in [0.25, 0.3) is 0 Å². The van der Waals surface area contributed by atoms with Gasteiger partial charge in [0.05, 0.1) is 25.2 Å². The van der Waals surface area contributed by atoms with E-state index in [9.17, 15) is 5.11 Å². The molecule has 0 bridgehead atoms. The summed E-state index contributed by atoms with van der Waals surface area (Å²) in [4.78, 5) is 4.28. The number of hydrogen-bond donors (Lipinski definition) is 1. The van der Waals surface area contributed by atoms with Gasteiger partial charge in [-0.05, 0) is 24.6 Å². The van der Waals surface area contributed by atoms with Crippen LogP contribution in [0.4, 0.5) is 0 Å². The van der Waals surface area contributed by atoms with Gasteiger partial charge in [-0.3, -0.25) is 0 Å². The molecule has 0 fully saturated rings. The van der Waals surface area contributed by atoms with Crippen LogP contribution in [-0.4, -0.2) is 28.5 Å². The van der Waals surface area contributed by atoms with Crippen molar-refractivity contribution in [3.63, 3.8) is 0 Å². The predicted octanol–water partition coefficient (Wildman–Crippen LogP) is 3.10. The highest BCUT2D eigenvalue weighted by Crippen LogP contribution is 2.30. The van der Waals surface area contributed by atoms with Crippen molar-refractivity contribution in [3.8, 4) is 17.1 Å². The molecule has 0 saturated heterocycles. The fraction of sp³-hybridized carbons (Fsp3) is 0.429. The quantitative estimate of drug-likeness (QED) is 0.887. The summed E-state index contributed by atoms with van der Waals surface area (Å²) in [5.41, 5.74) is 0.705. The summed E-state index contributed by atoms with van der Waals surface area (Å²) in [6, 6.07) is 5.21. The van der Waals surface area contributed by atoms with Crippen molar-refractivity contribution < 1.29 is 14.4 Å². The van der Waals surface area contributed by atoms with Gasteiger partial charge in [0.15, 0.2) is 0 Å². The fourth-order valence-corrected chi connectivity index (χ4v) is 2.10. The van der Waals surface area contributed by atoms with E-state index >= 15 is 0 Å². The zero-order valence-corrected chi connectivity index (χ0v) is 12.2. The summed E-state index contributed by atoms with van der Waals surface area (Å²) in [6.07, 6.45) is 1.52. The highest BCUT2D eigenvalue weighted by Gasteiger charge is 2.15. The van der Waals surface area contributed by atoms with E-state index < -0.39 is 6.10 Å². The molecular weight excluding hydrogens is 280 g/mol. The molecule has 108 valence electrons. The van der Waals surface area contributed by atoms with Gasteiger partial charge in [0.2, 0.25) is 11.7 Å². The summed E-state index contributed by atoms with van der Waals surface area (Å²) in [5.74, 6) is 1.43. The molecule has 1 heterocycles. The first-order valence-electron chi connectivity index (χ1n) is 6.48. The molecule has 1 atom stereocenters. The van der Waals surface area contributed by atoms with Crippen LogP contribution in [0.5, 0.6) is 5.75 Å². The monoisotopic (exact) mass is 296 g/mol. The van der Waals surface area contributed by atoms with Gasteiger partial charge in [-0.15, -0.1) is 0 Å². The third-order valence-corrected chi connectivity index (χ3v) is 3.14. The van der Waals surface area contributed by atoms with Crippen LogP contribution in [0.15, 0.2) is 22.7 Å². The molecular formula is C14H17ClN2O3. The first-order valence-corrected chi connectivity index (χ1v) is 6.86. The number of hydrogen-bond acceptors (Lipinski definition) is 5. The number of aromatic nitrogens is 2. The summed E-state index contributed by atoms with van der Waals surface area (Å²) in [6.45, 7) is 2.01. The van der Waals surface area contributed by atoms with E-state index in [2.05, 4.69) is 10.1 Å². The summed E-state index contributed by atoms with van der Waals surface area (Å²) < 4.78 is 10.4. The van der Waals surface area contributed by atoms with E-state index in [4.69, 9.17) is 20.9 Å². The van der Waals surface area contributed by atoms with Crippen molar-refractivity contribution in [2.45, 2.75) is 32.3 Å². The molecule has 2 aromatic rings. The molecule has 0 aliphatic rings. The smallest absolute Gasteiger partial charge is 0.229 e. The van der Waals surface area contributed by atoms with Crippen molar-refractivity contribution in [1.29, 1.82) is 0 Å². The van der Waals surface area contributed by atoms with E-state index in [1.165, 1.54) is 0 Å². The van der Waals surface area contributed by atoms with Gasteiger partial charge in [0.1, 0.15) is 5.75 Å². The van der Waals surface area contributed by atoms with E-state index in [1.807, 2.05) is 6.92 Å². The van der Waals surface area contributed by atoms with Crippen LogP contribution in [0.3, 0.4) is 0 Å². The van der Waals surface area contributed by atoms with Crippen molar-refractivity contribution in [3.05, 3.63) is 29.1 Å². The number of nitrogens with zero attached hydrogens (tertiary/aromatic N) is 2. The standard InChI is InChI=1S/C14H17ClN2O3/c1-3-4-10(18)8-13-16-14(17-20-13)11-6-5-9(15)7-12(11)19-2/h5-7,10,18H,3-4,8H2,1-2H3. The summed E-state index contributed by atoms with van der Waals surface area (Å²) in [7, 11) is 1.56. The molecule has 0 aliphatic heterocycles. The van der Waals surface area contributed by atoms with Crippen LogP contribution in [0.1, 0.15) is 25.7 Å². The predicted molar refractivity (Wildman–Crippen MR) is 75.9 cm³/mol. The molecule has 5 nitrogen and oxygen atoms in total. The largest absolute Gasteiger partial charge is 0.496 e. The van der Waals surface area contributed by atoms with Gasteiger partial charge in [-0.1, -0.05) is 30.1 Å². The number of ether oxygens (including phenoxy) is 1. The minimum atomic E-state index is -0.458. The number of aliphatic hydroxyl groups excluding tert-OH is 1. The Balaban J connectivity index is 2.20. The van der Waals surface area contributed by atoms with Crippen LogP contribution in [0, 0.1) is 0 Å². The molecule has 1 aromatic carbocycles. The maximum atomic E-state index is 9.75. The number of aliphatic hydroxyl groups is 1. The number of methoxy groups -OCH3 is 1. The van der Waals surface area contributed by atoms with Crippen LogP contribution < -0.4 is 4.74 Å².